The average Bonchev–Trinajstić information content (AvgIpc) is 2.27. The molecule has 0 atom stereocenters. The van der Waals surface area contributed by atoms with Crippen LogP contribution >= 0.6 is 0 Å². The van der Waals surface area contributed by atoms with E-state index in [1.807, 2.05) is 0 Å². The number of nitrogens with zero attached hydrogens (tertiary/aromatic N) is 3. The van der Waals surface area contributed by atoms with Crippen molar-refractivity contribution in [1.82, 2.24) is 0 Å². The molecule has 0 aromatic rings. The molecule has 0 bridgehead atoms. The van der Waals surface area contributed by atoms with E-state index in [9.17, 15) is 10.1 Å². The van der Waals surface area contributed by atoms with E-state index in [2.05, 4.69) is 6.92 Å². The summed E-state index contributed by atoms with van der Waals surface area (Å²) < 4.78 is 0. The zero-order valence-corrected chi connectivity index (χ0v) is 10.7. The van der Waals surface area contributed by atoms with Crippen molar-refractivity contribution in [3.63, 3.8) is 0 Å². The van der Waals surface area contributed by atoms with Crippen molar-refractivity contribution in [2.45, 2.75) is 70.8 Å². The molecule has 0 radical (unpaired) electrons. The molecule has 1 rings (SSSR count). The van der Waals surface area contributed by atoms with Gasteiger partial charge in [-0.25, -0.2) is 0 Å². The summed E-state index contributed by atoms with van der Waals surface area (Å²) in [4.78, 5) is 10.3. The lowest BCUT2D eigenvalue weighted by Crippen LogP contribution is -2.35. The molecule has 98 valence electrons. The number of nitro groups is 1. The standard InChI is InChI=1S/C12H23NO2.N2/c1-2-3-4-5-6-7-8-11-9-12(10-11)13(14)15;1-2/h11-12H,2-10H2,1H3;. The summed E-state index contributed by atoms with van der Waals surface area (Å²) in [6, 6.07) is -0.213. The van der Waals surface area contributed by atoms with Gasteiger partial charge in [0.25, 0.3) is 0 Å². The van der Waals surface area contributed by atoms with Crippen LogP contribution in [0.3, 0.4) is 0 Å². The van der Waals surface area contributed by atoms with Crippen LogP contribution in [0.15, 0.2) is 0 Å². The Hall–Kier alpha value is -1.18. The molecule has 1 aliphatic carbocycles. The Morgan fingerprint density at radius 2 is 1.65 bits per heavy atom. The van der Waals surface area contributed by atoms with Gasteiger partial charge in [-0.1, -0.05) is 45.4 Å². The zero-order chi connectivity index (χ0) is 13.1. The minimum Gasteiger partial charge on any atom is -0.264 e. The molecule has 5 heteroatoms. The number of unbranched alkanes of at least 4 members (excludes halogenated alkanes) is 5. The number of hydrogen-bond donors (Lipinski definition) is 0. The Morgan fingerprint density at radius 3 is 2.18 bits per heavy atom. The summed E-state index contributed by atoms with van der Waals surface area (Å²) in [6.45, 7) is 2.23. The molecule has 0 unspecified atom stereocenters. The molecule has 0 spiro atoms. The first-order chi connectivity index (χ1) is 8.24. The van der Waals surface area contributed by atoms with Crippen LogP contribution in [-0.2, 0) is 0 Å². The van der Waals surface area contributed by atoms with E-state index < -0.39 is 0 Å². The number of rotatable bonds is 8. The molecule has 0 aromatic heterocycles. The molecule has 0 amide bonds. The molecule has 1 saturated carbocycles. The molecule has 1 fully saturated rings. The second-order valence-electron chi connectivity index (χ2n) is 4.83. The van der Waals surface area contributed by atoms with Crippen molar-refractivity contribution < 1.29 is 4.92 Å². The maximum atomic E-state index is 10.4. The van der Waals surface area contributed by atoms with Crippen LogP contribution in [0.1, 0.15) is 64.7 Å². The third-order valence-electron chi connectivity index (χ3n) is 3.47. The van der Waals surface area contributed by atoms with Crippen molar-refractivity contribution in [3.8, 4) is 0 Å². The molecular weight excluding hydrogens is 218 g/mol. The van der Waals surface area contributed by atoms with Gasteiger partial charge in [0.15, 0.2) is 0 Å². The summed E-state index contributed by atoms with van der Waals surface area (Å²) in [6.07, 6.45) is 10.8. The van der Waals surface area contributed by atoms with Crippen molar-refractivity contribution >= 4 is 0 Å². The van der Waals surface area contributed by atoms with E-state index in [1.54, 1.807) is 0 Å². The highest BCUT2D eigenvalue weighted by Gasteiger charge is 2.36. The quantitative estimate of drug-likeness (QED) is 0.279. The van der Waals surface area contributed by atoms with E-state index in [4.69, 9.17) is 10.8 Å². The first-order valence-electron chi connectivity index (χ1n) is 6.57. The Kier molecular flexibility index (Phi) is 9.31. The summed E-state index contributed by atoms with van der Waals surface area (Å²) in [7, 11) is 0. The summed E-state index contributed by atoms with van der Waals surface area (Å²) in [5.74, 6) is 0.659. The fourth-order valence-electron chi connectivity index (χ4n) is 2.32. The lowest BCUT2D eigenvalue weighted by atomic mass is 9.77. The Bertz CT molecular complexity index is 225. The van der Waals surface area contributed by atoms with Gasteiger partial charge in [-0.3, -0.25) is 10.1 Å². The Morgan fingerprint density at radius 1 is 1.12 bits per heavy atom. The highest BCUT2D eigenvalue weighted by molar-refractivity contribution is 4.79. The zero-order valence-electron chi connectivity index (χ0n) is 10.7. The predicted molar refractivity (Wildman–Crippen MR) is 64.9 cm³/mol. The van der Waals surface area contributed by atoms with Gasteiger partial charge in [0, 0.05) is 28.6 Å². The smallest absolute Gasteiger partial charge is 0.213 e. The lowest BCUT2D eigenvalue weighted by Gasteiger charge is -2.28. The fourth-order valence-corrected chi connectivity index (χ4v) is 2.32. The average molecular weight is 241 g/mol. The molecule has 0 aromatic carbocycles. The first-order valence-corrected chi connectivity index (χ1v) is 6.57. The molecule has 0 aliphatic heterocycles. The van der Waals surface area contributed by atoms with Gasteiger partial charge in [-0.05, 0) is 12.3 Å². The maximum absolute atomic E-state index is 10.4. The second kappa shape index (κ2) is 10.0. The van der Waals surface area contributed by atoms with Gasteiger partial charge in [-0.15, -0.1) is 0 Å². The molecule has 1 aliphatic rings. The molecule has 0 saturated heterocycles. The number of hydrogen-bond acceptors (Lipinski definition) is 4. The van der Waals surface area contributed by atoms with E-state index >= 15 is 0 Å². The monoisotopic (exact) mass is 241 g/mol. The molecule has 0 heterocycles. The van der Waals surface area contributed by atoms with E-state index in [0.717, 1.165) is 12.8 Å². The van der Waals surface area contributed by atoms with Crippen LogP contribution in [-0.4, -0.2) is 11.0 Å². The van der Waals surface area contributed by atoms with Crippen LogP contribution in [0.25, 0.3) is 0 Å². The van der Waals surface area contributed by atoms with Crippen LogP contribution < -0.4 is 0 Å². The van der Waals surface area contributed by atoms with Crippen LogP contribution in [0.4, 0.5) is 0 Å². The van der Waals surface area contributed by atoms with Gasteiger partial charge >= 0.3 is 0 Å². The van der Waals surface area contributed by atoms with Crippen molar-refractivity contribution in [2.75, 3.05) is 0 Å². The molecule has 17 heavy (non-hydrogen) atoms. The highest BCUT2D eigenvalue weighted by atomic mass is 16.6. The minimum absolute atomic E-state index is 0.113. The van der Waals surface area contributed by atoms with Gasteiger partial charge in [0.2, 0.25) is 6.04 Å². The lowest BCUT2D eigenvalue weighted by molar-refractivity contribution is -0.541. The third kappa shape index (κ3) is 6.88. The Balaban J connectivity index is 0.00000121. The van der Waals surface area contributed by atoms with Gasteiger partial charge in [0.1, 0.15) is 0 Å². The fraction of sp³-hybridized carbons (Fsp3) is 1.00. The van der Waals surface area contributed by atoms with Crippen molar-refractivity contribution in [2.24, 2.45) is 5.92 Å². The first kappa shape index (κ1) is 15.8. The topological polar surface area (TPSA) is 90.7 Å². The van der Waals surface area contributed by atoms with E-state index in [1.165, 1.54) is 44.9 Å². The Labute approximate surface area is 103 Å². The predicted octanol–water partition coefficient (Wildman–Crippen LogP) is 3.82. The molecule has 5 nitrogen and oxygen atoms in total. The van der Waals surface area contributed by atoms with E-state index in [-0.39, 0.29) is 11.0 Å². The maximum Gasteiger partial charge on any atom is 0.213 e. The van der Waals surface area contributed by atoms with Crippen LogP contribution in [0, 0.1) is 26.8 Å². The highest BCUT2D eigenvalue weighted by Crippen LogP contribution is 2.33. The van der Waals surface area contributed by atoms with E-state index in [0.29, 0.717) is 5.92 Å². The van der Waals surface area contributed by atoms with Crippen LogP contribution in [0.5, 0.6) is 0 Å². The van der Waals surface area contributed by atoms with Crippen molar-refractivity contribution in [3.05, 3.63) is 10.1 Å². The van der Waals surface area contributed by atoms with Crippen molar-refractivity contribution in [1.29, 1.82) is 10.8 Å². The molecule has 0 N–H and O–H groups in total. The third-order valence-corrected chi connectivity index (χ3v) is 3.47. The summed E-state index contributed by atoms with van der Waals surface area (Å²) in [5, 5.41) is 22.4. The second-order valence-corrected chi connectivity index (χ2v) is 4.83. The minimum atomic E-state index is -0.213. The van der Waals surface area contributed by atoms with Gasteiger partial charge in [0.05, 0.1) is 0 Å². The molecular formula is C12H23N3O2. The van der Waals surface area contributed by atoms with Crippen LogP contribution in [0.2, 0.25) is 0 Å². The van der Waals surface area contributed by atoms with Gasteiger partial charge < -0.3 is 0 Å². The van der Waals surface area contributed by atoms with Gasteiger partial charge in [-0.2, -0.15) is 0 Å². The largest absolute Gasteiger partial charge is 0.264 e. The normalized spacial score (nSPS) is 22.1. The SMILES string of the molecule is CCCCCCCCC1CC([N+](=O)[O-])C1.N#N. The summed E-state index contributed by atoms with van der Waals surface area (Å²) >= 11 is 0. The summed E-state index contributed by atoms with van der Waals surface area (Å²) in [5.41, 5.74) is 0.